The zero-order valence-corrected chi connectivity index (χ0v) is 11.8. The van der Waals surface area contributed by atoms with Crippen molar-refractivity contribution < 1.29 is 4.74 Å². The quantitative estimate of drug-likeness (QED) is 0.673. The molecule has 2 heterocycles. The fraction of sp³-hybridized carbons (Fsp3) is 0.250. The van der Waals surface area contributed by atoms with Gasteiger partial charge < -0.3 is 9.30 Å². The van der Waals surface area contributed by atoms with Gasteiger partial charge in [0.25, 0.3) is 0 Å². The van der Waals surface area contributed by atoms with Gasteiger partial charge in [-0.25, -0.2) is 0 Å². The second kappa shape index (κ2) is 5.49. The Morgan fingerprint density at radius 1 is 1.21 bits per heavy atom. The maximum absolute atomic E-state index is 5.67. The topological polar surface area (TPSA) is 14.2 Å². The van der Waals surface area contributed by atoms with Crippen LogP contribution >= 0.6 is 11.3 Å². The van der Waals surface area contributed by atoms with Crippen molar-refractivity contribution in [2.75, 3.05) is 6.61 Å². The Hall–Kier alpha value is -1.74. The van der Waals surface area contributed by atoms with Gasteiger partial charge in [0.05, 0.1) is 12.1 Å². The van der Waals surface area contributed by atoms with Crippen molar-refractivity contribution in [3.8, 4) is 5.75 Å². The second-order valence-electron chi connectivity index (χ2n) is 4.51. The molecule has 0 bridgehead atoms. The van der Waals surface area contributed by atoms with Gasteiger partial charge in [0, 0.05) is 18.1 Å². The number of ether oxygens (including phenoxy) is 1. The van der Waals surface area contributed by atoms with Crippen molar-refractivity contribution in [3.63, 3.8) is 0 Å². The molecule has 0 fully saturated rings. The molecule has 98 valence electrons. The van der Waals surface area contributed by atoms with Gasteiger partial charge in [-0.05, 0) is 53.9 Å². The summed E-state index contributed by atoms with van der Waals surface area (Å²) in [6.45, 7) is 3.74. The first-order valence-electron chi connectivity index (χ1n) is 6.60. The highest BCUT2D eigenvalue weighted by Crippen LogP contribution is 2.26. The van der Waals surface area contributed by atoms with Crippen molar-refractivity contribution in [2.45, 2.75) is 19.9 Å². The van der Waals surface area contributed by atoms with E-state index in [2.05, 4.69) is 45.8 Å². The molecule has 0 amide bonds. The van der Waals surface area contributed by atoms with Crippen molar-refractivity contribution in [3.05, 3.63) is 52.9 Å². The summed E-state index contributed by atoms with van der Waals surface area (Å²) in [5, 5.41) is 5.56. The summed E-state index contributed by atoms with van der Waals surface area (Å²) >= 11 is 1.76. The average Bonchev–Trinajstić information content (AvgIpc) is 3.06. The Kier molecular flexibility index (Phi) is 3.56. The molecule has 0 atom stereocenters. The molecule has 3 rings (SSSR count). The molecule has 0 radical (unpaired) electrons. The monoisotopic (exact) mass is 271 g/mol. The van der Waals surface area contributed by atoms with Gasteiger partial charge in [-0.3, -0.25) is 0 Å². The van der Waals surface area contributed by atoms with Crippen LogP contribution in [0.15, 0.2) is 47.3 Å². The fourth-order valence-corrected chi connectivity index (χ4v) is 3.06. The SMILES string of the molecule is CCOc1cccc2c1ccn2CCc1ccsc1. The molecule has 0 unspecified atom stereocenters. The van der Waals surface area contributed by atoms with Gasteiger partial charge in [0.2, 0.25) is 0 Å². The van der Waals surface area contributed by atoms with E-state index >= 15 is 0 Å². The molecule has 0 spiro atoms. The molecule has 0 saturated heterocycles. The molecule has 3 heteroatoms. The number of aryl methyl sites for hydroxylation is 2. The molecular weight excluding hydrogens is 254 g/mol. The summed E-state index contributed by atoms with van der Waals surface area (Å²) in [6.07, 6.45) is 3.23. The number of thiophene rings is 1. The van der Waals surface area contributed by atoms with Gasteiger partial charge >= 0.3 is 0 Å². The summed E-state index contributed by atoms with van der Waals surface area (Å²) in [7, 11) is 0. The summed E-state index contributed by atoms with van der Waals surface area (Å²) < 4.78 is 7.97. The van der Waals surface area contributed by atoms with E-state index in [1.165, 1.54) is 16.5 Å². The first-order chi connectivity index (χ1) is 9.38. The zero-order chi connectivity index (χ0) is 13.1. The molecule has 0 N–H and O–H groups in total. The van der Waals surface area contributed by atoms with Gasteiger partial charge in [-0.15, -0.1) is 0 Å². The van der Waals surface area contributed by atoms with Gasteiger partial charge in [0.15, 0.2) is 0 Å². The number of aromatic nitrogens is 1. The van der Waals surface area contributed by atoms with E-state index in [-0.39, 0.29) is 0 Å². The minimum absolute atomic E-state index is 0.708. The van der Waals surface area contributed by atoms with Crippen LogP contribution in [-0.4, -0.2) is 11.2 Å². The third-order valence-electron chi connectivity index (χ3n) is 3.30. The highest BCUT2D eigenvalue weighted by Gasteiger charge is 2.06. The Balaban J connectivity index is 1.86. The highest BCUT2D eigenvalue weighted by atomic mass is 32.1. The smallest absolute Gasteiger partial charge is 0.128 e. The Morgan fingerprint density at radius 2 is 2.16 bits per heavy atom. The Bertz CT molecular complexity index is 655. The number of benzene rings is 1. The van der Waals surface area contributed by atoms with Crippen LogP contribution in [0.25, 0.3) is 10.9 Å². The minimum Gasteiger partial charge on any atom is -0.493 e. The Morgan fingerprint density at radius 3 is 2.95 bits per heavy atom. The first kappa shape index (κ1) is 12.3. The molecule has 2 nitrogen and oxygen atoms in total. The predicted octanol–water partition coefficient (Wildman–Crippen LogP) is 4.34. The van der Waals surface area contributed by atoms with Crippen LogP contribution in [0.2, 0.25) is 0 Å². The van der Waals surface area contributed by atoms with Gasteiger partial charge in [-0.1, -0.05) is 6.07 Å². The maximum Gasteiger partial charge on any atom is 0.128 e. The second-order valence-corrected chi connectivity index (χ2v) is 5.29. The van der Waals surface area contributed by atoms with Gasteiger partial charge in [-0.2, -0.15) is 11.3 Å². The highest BCUT2D eigenvalue weighted by molar-refractivity contribution is 7.07. The van der Waals surface area contributed by atoms with Crippen LogP contribution < -0.4 is 4.74 Å². The normalized spacial score (nSPS) is 11.0. The van der Waals surface area contributed by atoms with Crippen LogP contribution in [0.3, 0.4) is 0 Å². The van der Waals surface area contributed by atoms with E-state index in [4.69, 9.17) is 4.74 Å². The van der Waals surface area contributed by atoms with Crippen molar-refractivity contribution in [1.29, 1.82) is 0 Å². The van der Waals surface area contributed by atoms with Crippen LogP contribution in [0, 0.1) is 0 Å². The number of rotatable bonds is 5. The molecule has 0 aliphatic rings. The third kappa shape index (κ3) is 2.51. The van der Waals surface area contributed by atoms with Crippen LogP contribution in [0.1, 0.15) is 12.5 Å². The van der Waals surface area contributed by atoms with Crippen molar-refractivity contribution in [1.82, 2.24) is 4.57 Å². The zero-order valence-electron chi connectivity index (χ0n) is 11.0. The number of hydrogen-bond donors (Lipinski definition) is 0. The van der Waals surface area contributed by atoms with Crippen LogP contribution in [0.5, 0.6) is 5.75 Å². The molecule has 1 aromatic carbocycles. The molecule has 0 aliphatic heterocycles. The molecule has 2 aromatic heterocycles. The molecular formula is C16H17NOS. The standard InChI is InChI=1S/C16H17NOS/c1-2-18-16-5-3-4-15-14(16)7-10-17(15)9-6-13-8-11-19-12-13/h3-5,7-8,10-12H,2,6,9H2,1H3. The van der Waals surface area contributed by atoms with E-state index in [0.717, 1.165) is 18.7 Å². The number of hydrogen-bond acceptors (Lipinski definition) is 2. The summed E-state index contributed by atoms with van der Waals surface area (Å²) in [5.74, 6) is 0.981. The van der Waals surface area contributed by atoms with Crippen molar-refractivity contribution >= 4 is 22.2 Å². The molecule has 3 aromatic rings. The number of fused-ring (bicyclic) bond motifs is 1. The van der Waals surface area contributed by atoms with Crippen molar-refractivity contribution in [2.24, 2.45) is 0 Å². The lowest BCUT2D eigenvalue weighted by Gasteiger charge is -2.07. The third-order valence-corrected chi connectivity index (χ3v) is 4.03. The molecule has 0 aliphatic carbocycles. The predicted molar refractivity (Wildman–Crippen MR) is 81.1 cm³/mol. The summed E-state index contributed by atoms with van der Waals surface area (Å²) in [4.78, 5) is 0. The summed E-state index contributed by atoms with van der Waals surface area (Å²) in [6, 6.07) is 10.6. The van der Waals surface area contributed by atoms with Gasteiger partial charge in [0.1, 0.15) is 5.75 Å². The van der Waals surface area contributed by atoms with Crippen LogP contribution in [0.4, 0.5) is 0 Å². The van der Waals surface area contributed by atoms with E-state index < -0.39 is 0 Å². The van der Waals surface area contributed by atoms with E-state index in [0.29, 0.717) is 6.61 Å². The average molecular weight is 271 g/mol. The lowest BCUT2D eigenvalue weighted by atomic mass is 10.2. The molecule has 19 heavy (non-hydrogen) atoms. The first-order valence-corrected chi connectivity index (χ1v) is 7.54. The van der Waals surface area contributed by atoms with Crippen LogP contribution in [-0.2, 0) is 13.0 Å². The van der Waals surface area contributed by atoms with E-state index in [1.54, 1.807) is 11.3 Å². The fourth-order valence-electron chi connectivity index (χ4n) is 2.36. The number of nitrogens with zero attached hydrogens (tertiary/aromatic N) is 1. The molecule has 0 saturated carbocycles. The van der Waals surface area contributed by atoms with E-state index in [9.17, 15) is 0 Å². The Labute approximate surface area is 117 Å². The lowest BCUT2D eigenvalue weighted by molar-refractivity contribution is 0.344. The maximum atomic E-state index is 5.67. The largest absolute Gasteiger partial charge is 0.493 e. The summed E-state index contributed by atoms with van der Waals surface area (Å²) in [5.41, 5.74) is 2.66. The minimum atomic E-state index is 0.708. The van der Waals surface area contributed by atoms with E-state index in [1.807, 2.05) is 13.0 Å². The lowest BCUT2D eigenvalue weighted by Crippen LogP contribution is -1.99.